The van der Waals surface area contributed by atoms with Crippen molar-refractivity contribution < 1.29 is 0 Å². The molecule has 1 aliphatic heterocycles. The van der Waals surface area contributed by atoms with Gasteiger partial charge in [-0.2, -0.15) is 0 Å². The Morgan fingerprint density at radius 2 is 2.06 bits per heavy atom. The molecule has 94 valence electrons. The first-order chi connectivity index (χ1) is 8.79. The van der Waals surface area contributed by atoms with Gasteiger partial charge < -0.3 is 10.6 Å². The Hall–Kier alpha value is -1.88. The van der Waals surface area contributed by atoms with E-state index in [1.54, 1.807) is 0 Å². The van der Waals surface area contributed by atoms with Crippen LogP contribution >= 0.6 is 0 Å². The van der Waals surface area contributed by atoms with Gasteiger partial charge in [0, 0.05) is 20.6 Å². The third-order valence-electron chi connectivity index (χ3n) is 3.53. The molecule has 2 heterocycles. The van der Waals surface area contributed by atoms with E-state index in [2.05, 4.69) is 45.1 Å². The summed E-state index contributed by atoms with van der Waals surface area (Å²) in [5.74, 6) is 1.78. The first kappa shape index (κ1) is 11.2. The molecule has 2 N–H and O–H groups in total. The lowest BCUT2D eigenvalue weighted by molar-refractivity contribution is 0.464. The van der Waals surface area contributed by atoms with Crippen LogP contribution in [-0.4, -0.2) is 21.8 Å². The summed E-state index contributed by atoms with van der Waals surface area (Å²) < 4.78 is 2.01. The highest BCUT2D eigenvalue weighted by atomic mass is 15.3. The van der Waals surface area contributed by atoms with E-state index < -0.39 is 0 Å². The maximum Gasteiger partial charge on any atom is 0.224 e. The molecular weight excluding hydrogens is 226 g/mol. The molecule has 3 rings (SSSR count). The predicted molar refractivity (Wildman–Crippen MR) is 70.3 cm³/mol. The number of aromatic nitrogens is 3. The number of benzene rings is 1. The summed E-state index contributed by atoms with van der Waals surface area (Å²) in [6.45, 7) is 0.891. The van der Waals surface area contributed by atoms with Crippen LogP contribution in [0.5, 0.6) is 0 Å². The molecule has 1 aromatic heterocycles. The number of fused-ring (bicyclic) bond motifs is 1. The highest BCUT2D eigenvalue weighted by Gasteiger charge is 2.23. The fourth-order valence-corrected chi connectivity index (χ4v) is 2.50. The maximum atomic E-state index is 4.27. The molecule has 0 fully saturated rings. The van der Waals surface area contributed by atoms with Crippen molar-refractivity contribution >= 4 is 5.95 Å². The summed E-state index contributed by atoms with van der Waals surface area (Å²) in [6.07, 6.45) is 0.964. The van der Waals surface area contributed by atoms with Crippen molar-refractivity contribution in [2.45, 2.75) is 19.0 Å². The second-order valence-electron chi connectivity index (χ2n) is 4.60. The molecule has 2 aromatic rings. The largest absolute Gasteiger partial charge is 0.357 e. The molecule has 0 aliphatic carbocycles. The molecule has 5 heteroatoms. The lowest BCUT2D eigenvalue weighted by Gasteiger charge is -2.25. The van der Waals surface area contributed by atoms with E-state index in [0.29, 0.717) is 0 Å². The van der Waals surface area contributed by atoms with E-state index in [4.69, 9.17) is 0 Å². The molecule has 1 aliphatic rings. The van der Waals surface area contributed by atoms with Crippen LogP contribution in [0.2, 0.25) is 0 Å². The van der Waals surface area contributed by atoms with Crippen molar-refractivity contribution in [2.24, 2.45) is 7.05 Å². The van der Waals surface area contributed by atoms with E-state index >= 15 is 0 Å². The van der Waals surface area contributed by atoms with Crippen molar-refractivity contribution in [3.8, 4) is 0 Å². The van der Waals surface area contributed by atoms with E-state index in [9.17, 15) is 0 Å². The molecule has 0 bridgehead atoms. The van der Waals surface area contributed by atoms with Crippen LogP contribution in [-0.2, 0) is 20.0 Å². The quantitative estimate of drug-likeness (QED) is 0.833. The van der Waals surface area contributed by atoms with Crippen LogP contribution in [0.15, 0.2) is 24.3 Å². The van der Waals surface area contributed by atoms with E-state index in [1.807, 2.05) is 18.7 Å². The summed E-state index contributed by atoms with van der Waals surface area (Å²) in [7, 11) is 3.85. The Balaban J connectivity index is 1.89. The number of hydrogen-bond donors (Lipinski definition) is 2. The van der Waals surface area contributed by atoms with Gasteiger partial charge in [-0.1, -0.05) is 24.3 Å². The highest BCUT2D eigenvalue weighted by Crippen LogP contribution is 2.25. The summed E-state index contributed by atoms with van der Waals surface area (Å²) in [6, 6.07) is 8.78. The molecule has 0 amide bonds. The summed E-state index contributed by atoms with van der Waals surface area (Å²) in [5, 5.41) is 15.0. The second kappa shape index (κ2) is 4.42. The van der Waals surface area contributed by atoms with Crippen molar-refractivity contribution in [3.63, 3.8) is 0 Å². The normalized spacial score (nSPS) is 18.4. The number of nitrogens with one attached hydrogen (secondary N) is 2. The number of rotatable bonds is 2. The van der Waals surface area contributed by atoms with E-state index in [-0.39, 0.29) is 6.04 Å². The number of nitrogens with zero attached hydrogens (tertiary/aromatic N) is 3. The first-order valence-electron chi connectivity index (χ1n) is 6.17. The molecule has 0 saturated carbocycles. The molecule has 18 heavy (non-hydrogen) atoms. The molecule has 0 spiro atoms. The number of hydrogen-bond acceptors (Lipinski definition) is 4. The molecule has 5 nitrogen and oxygen atoms in total. The average Bonchev–Trinajstić information content (AvgIpc) is 2.79. The van der Waals surface area contributed by atoms with Gasteiger partial charge in [0.1, 0.15) is 0 Å². The van der Waals surface area contributed by atoms with Gasteiger partial charge in [0.15, 0.2) is 5.82 Å². The smallest absolute Gasteiger partial charge is 0.224 e. The van der Waals surface area contributed by atoms with Gasteiger partial charge in [0.2, 0.25) is 5.95 Å². The molecular formula is C13H17N5. The Kier molecular flexibility index (Phi) is 2.76. The van der Waals surface area contributed by atoms with Crippen molar-refractivity contribution in [1.29, 1.82) is 0 Å². The van der Waals surface area contributed by atoms with Crippen LogP contribution < -0.4 is 10.6 Å². The Morgan fingerprint density at radius 3 is 2.78 bits per heavy atom. The monoisotopic (exact) mass is 243 g/mol. The maximum absolute atomic E-state index is 4.27. The van der Waals surface area contributed by atoms with Crippen molar-refractivity contribution in [1.82, 2.24) is 20.1 Å². The Bertz CT molecular complexity index is 560. The Morgan fingerprint density at radius 1 is 1.28 bits per heavy atom. The zero-order chi connectivity index (χ0) is 12.5. The minimum atomic E-state index is 0.236. The summed E-state index contributed by atoms with van der Waals surface area (Å²) in [4.78, 5) is 0. The molecule has 1 atom stereocenters. The van der Waals surface area contributed by atoms with Gasteiger partial charge in [0.05, 0.1) is 6.04 Å². The highest BCUT2D eigenvalue weighted by molar-refractivity contribution is 5.32. The molecule has 0 radical (unpaired) electrons. The average molecular weight is 243 g/mol. The van der Waals surface area contributed by atoms with Gasteiger partial charge >= 0.3 is 0 Å². The van der Waals surface area contributed by atoms with Crippen molar-refractivity contribution in [2.75, 3.05) is 12.4 Å². The minimum Gasteiger partial charge on any atom is -0.357 e. The number of anilines is 1. The van der Waals surface area contributed by atoms with Crippen molar-refractivity contribution in [3.05, 3.63) is 41.2 Å². The zero-order valence-corrected chi connectivity index (χ0v) is 10.6. The summed E-state index contributed by atoms with van der Waals surface area (Å²) in [5.41, 5.74) is 2.78. The van der Waals surface area contributed by atoms with E-state index in [0.717, 1.165) is 24.7 Å². The van der Waals surface area contributed by atoms with Crippen LogP contribution in [0.1, 0.15) is 23.0 Å². The minimum absolute atomic E-state index is 0.236. The standard InChI is InChI=1S/C13H17N5/c1-14-13-17-16-12(18(13)2)11-7-9-5-3-4-6-10(9)8-15-11/h3-6,11,15H,7-8H2,1-2H3,(H,14,17)/t11-/m0/s1. The zero-order valence-electron chi connectivity index (χ0n) is 10.6. The second-order valence-corrected chi connectivity index (χ2v) is 4.60. The van der Waals surface area contributed by atoms with Gasteiger partial charge in [-0.25, -0.2) is 0 Å². The van der Waals surface area contributed by atoms with Crippen LogP contribution in [0.4, 0.5) is 5.95 Å². The topological polar surface area (TPSA) is 54.8 Å². The van der Waals surface area contributed by atoms with Gasteiger partial charge in [-0.3, -0.25) is 4.57 Å². The fraction of sp³-hybridized carbons (Fsp3) is 0.385. The summed E-state index contributed by atoms with van der Waals surface area (Å²) >= 11 is 0. The third kappa shape index (κ3) is 1.76. The van der Waals surface area contributed by atoms with Gasteiger partial charge in [-0.15, -0.1) is 10.2 Å². The molecule has 0 saturated heterocycles. The lowest BCUT2D eigenvalue weighted by Crippen LogP contribution is -2.30. The Labute approximate surface area is 106 Å². The van der Waals surface area contributed by atoms with Crippen LogP contribution in [0, 0.1) is 0 Å². The first-order valence-corrected chi connectivity index (χ1v) is 6.17. The van der Waals surface area contributed by atoms with Gasteiger partial charge in [-0.05, 0) is 17.5 Å². The fourth-order valence-electron chi connectivity index (χ4n) is 2.50. The molecule has 0 unspecified atom stereocenters. The predicted octanol–water partition coefficient (Wildman–Crippen LogP) is 1.24. The van der Waals surface area contributed by atoms with Gasteiger partial charge in [0.25, 0.3) is 0 Å². The van der Waals surface area contributed by atoms with Crippen LogP contribution in [0.3, 0.4) is 0 Å². The third-order valence-corrected chi connectivity index (χ3v) is 3.53. The lowest BCUT2D eigenvalue weighted by atomic mass is 9.95. The van der Waals surface area contributed by atoms with Crippen LogP contribution in [0.25, 0.3) is 0 Å². The SMILES string of the molecule is CNc1nnc([C@@H]2Cc3ccccc3CN2)n1C. The molecule has 1 aromatic carbocycles. The van der Waals surface area contributed by atoms with E-state index in [1.165, 1.54) is 11.1 Å².